The van der Waals surface area contributed by atoms with Gasteiger partial charge in [-0.15, -0.1) is 0 Å². The Labute approximate surface area is 136 Å². The molecule has 0 radical (unpaired) electrons. The molecule has 0 spiro atoms. The second kappa shape index (κ2) is 7.60. The van der Waals surface area contributed by atoms with Crippen LogP contribution in [0.4, 0.5) is 4.39 Å². The summed E-state index contributed by atoms with van der Waals surface area (Å²) in [6.07, 6.45) is 6.64. The van der Waals surface area contributed by atoms with E-state index in [1.165, 1.54) is 57.3 Å². The fourth-order valence-corrected chi connectivity index (χ4v) is 4.96. The van der Waals surface area contributed by atoms with Gasteiger partial charge in [-0.25, -0.2) is 4.39 Å². The summed E-state index contributed by atoms with van der Waals surface area (Å²) in [5.74, 6) is 2.15. The first kappa shape index (κ1) is 16.0. The summed E-state index contributed by atoms with van der Waals surface area (Å²) < 4.78 is 12.9. The Morgan fingerprint density at radius 1 is 1.14 bits per heavy atom. The Balaban J connectivity index is 1.47. The first-order chi connectivity index (χ1) is 10.7. The molecule has 2 fully saturated rings. The molecule has 2 unspecified atom stereocenters. The van der Waals surface area contributed by atoms with Gasteiger partial charge in [0.25, 0.3) is 0 Å². The maximum atomic E-state index is 12.9. The fourth-order valence-electron chi connectivity index (χ4n) is 3.79. The number of hydrogen-bond acceptors (Lipinski definition) is 3. The molecule has 22 heavy (non-hydrogen) atoms. The highest BCUT2D eigenvalue weighted by molar-refractivity contribution is 7.99. The molecule has 2 aliphatic rings. The van der Waals surface area contributed by atoms with Crippen LogP contribution in [0, 0.1) is 11.7 Å². The molecule has 0 N–H and O–H groups in total. The largest absolute Gasteiger partial charge is 0.300 e. The molecule has 4 heteroatoms. The van der Waals surface area contributed by atoms with Crippen LogP contribution >= 0.6 is 11.8 Å². The SMILES string of the molecule is O=C(CSCC1CCCN2CCCCC12)c1ccc(F)cc1. The number of rotatable bonds is 5. The smallest absolute Gasteiger partial charge is 0.172 e. The van der Waals surface area contributed by atoms with Gasteiger partial charge in [0, 0.05) is 11.6 Å². The van der Waals surface area contributed by atoms with E-state index in [1.807, 2.05) is 0 Å². The highest BCUT2D eigenvalue weighted by Gasteiger charge is 2.32. The van der Waals surface area contributed by atoms with Gasteiger partial charge in [-0.2, -0.15) is 11.8 Å². The monoisotopic (exact) mass is 321 g/mol. The molecular formula is C18H24FNOS. The van der Waals surface area contributed by atoms with Crippen molar-refractivity contribution in [3.8, 4) is 0 Å². The van der Waals surface area contributed by atoms with E-state index in [2.05, 4.69) is 4.90 Å². The average molecular weight is 321 g/mol. The first-order valence-corrected chi connectivity index (χ1v) is 9.50. The van der Waals surface area contributed by atoms with Crippen LogP contribution in [0.2, 0.25) is 0 Å². The van der Waals surface area contributed by atoms with Gasteiger partial charge >= 0.3 is 0 Å². The van der Waals surface area contributed by atoms with Crippen LogP contribution in [-0.4, -0.2) is 41.3 Å². The van der Waals surface area contributed by atoms with Crippen LogP contribution in [0.5, 0.6) is 0 Å². The number of thioether (sulfide) groups is 1. The standard InChI is InChI=1S/C18H24FNOS/c19-16-8-6-14(7-9-16)18(21)13-22-12-15-4-3-11-20-10-2-1-5-17(15)20/h6-9,15,17H,1-5,10-13H2. The van der Waals surface area contributed by atoms with Gasteiger partial charge in [-0.05, 0) is 74.7 Å². The quantitative estimate of drug-likeness (QED) is 0.764. The normalized spacial score (nSPS) is 25.7. The molecule has 2 nitrogen and oxygen atoms in total. The predicted molar refractivity (Wildman–Crippen MR) is 90.0 cm³/mol. The lowest BCUT2D eigenvalue weighted by Crippen LogP contribution is -2.48. The van der Waals surface area contributed by atoms with Crippen LogP contribution in [0.15, 0.2) is 24.3 Å². The van der Waals surface area contributed by atoms with Gasteiger partial charge in [0.1, 0.15) is 5.82 Å². The summed E-state index contributed by atoms with van der Waals surface area (Å²) in [5, 5.41) is 0. The molecule has 0 amide bonds. The van der Waals surface area contributed by atoms with Crippen molar-refractivity contribution in [3.63, 3.8) is 0 Å². The highest BCUT2D eigenvalue weighted by Crippen LogP contribution is 2.32. The zero-order valence-electron chi connectivity index (χ0n) is 13.0. The molecule has 2 heterocycles. The number of Topliss-reactive ketones (excluding diaryl/α,β-unsaturated/α-hetero) is 1. The highest BCUT2D eigenvalue weighted by atomic mass is 32.2. The van der Waals surface area contributed by atoms with E-state index >= 15 is 0 Å². The molecule has 2 aliphatic heterocycles. The van der Waals surface area contributed by atoms with Crippen LogP contribution in [-0.2, 0) is 0 Å². The van der Waals surface area contributed by atoms with E-state index < -0.39 is 0 Å². The minimum atomic E-state index is -0.288. The van der Waals surface area contributed by atoms with Crippen molar-refractivity contribution in [2.24, 2.45) is 5.92 Å². The molecule has 3 rings (SSSR count). The van der Waals surface area contributed by atoms with E-state index in [0.29, 0.717) is 11.3 Å². The van der Waals surface area contributed by atoms with Crippen LogP contribution in [0.25, 0.3) is 0 Å². The maximum absolute atomic E-state index is 12.9. The summed E-state index contributed by atoms with van der Waals surface area (Å²) >= 11 is 1.75. The van der Waals surface area contributed by atoms with Crippen LogP contribution < -0.4 is 0 Å². The average Bonchev–Trinajstić information content (AvgIpc) is 2.55. The topological polar surface area (TPSA) is 20.3 Å². The van der Waals surface area contributed by atoms with Gasteiger partial charge in [-0.1, -0.05) is 6.42 Å². The summed E-state index contributed by atoms with van der Waals surface area (Å²) in [6, 6.07) is 6.64. The molecule has 2 atom stereocenters. The van der Waals surface area contributed by atoms with E-state index in [9.17, 15) is 9.18 Å². The van der Waals surface area contributed by atoms with Gasteiger partial charge < -0.3 is 4.90 Å². The Kier molecular flexibility index (Phi) is 5.53. The van der Waals surface area contributed by atoms with E-state index in [-0.39, 0.29) is 11.6 Å². The summed E-state index contributed by atoms with van der Waals surface area (Å²) in [5.41, 5.74) is 0.622. The molecular weight excluding hydrogens is 297 g/mol. The molecule has 1 aromatic rings. The number of benzene rings is 1. The minimum Gasteiger partial charge on any atom is -0.300 e. The number of fused-ring (bicyclic) bond motifs is 1. The predicted octanol–water partition coefficient (Wildman–Crippen LogP) is 4.01. The number of hydrogen-bond donors (Lipinski definition) is 0. The summed E-state index contributed by atoms with van der Waals surface area (Å²) in [6.45, 7) is 2.53. The number of ketones is 1. The van der Waals surface area contributed by atoms with Crippen molar-refractivity contribution >= 4 is 17.5 Å². The number of piperidine rings is 2. The number of halogens is 1. The third kappa shape index (κ3) is 3.90. The van der Waals surface area contributed by atoms with Crippen molar-refractivity contribution in [1.82, 2.24) is 4.90 Å². The second-order valence-corrected chi connectivity index (χ2v) is 7.48. The second-order valence-electron chi connectivity index (χ2n) is 6.45. The maximum Gasteiger partial charge on any atom is 0.172 e. The third-order valence-corrected chi connectivity index (χ3v) is 6.09. The zero-order chi connectivity index (χ0) is 15.4. The molecule has 120 valence electrons. The van der Waals surface area contributed by atoms with Gasteiger partial charge in [0.2, 0.25) is 0 Å². The number of carbonyl (C=O) groups excluding carboxylic acids is 1. The van der Waals surface area contributed by atoms with Crippen molar-refractivity contribution in [2.75, 3.05) is 24.6 Å². The number of carbonyl (C=O) groups is 1. The van der Waals surface area contributed by atoms with Crippen LogP contribution in [0.1, 0.15) is 42.5 Å². The lowest BCUT2D eigenvalue weighted by molar-refractivity contribution is 0.0693. The summed E-state index contributed by atoms with van der Waals surface area (Å²) in [7, 11) is 0. The van der Waals surface area contributed by atoms with Gasteiger partial charge in [0.05, 0.1) is 5.75 Å². The van der Waals surface area contributed by atoms with E-state index in [4.69, 9.17) is 0 Å². The molecule has 0 aliphatic carbocycles. The van der Waals surface area contributed by atoms with Crippen molar-refractivity contribution in [2.45, 2.75) is 38.1 Å². The Bertz CT molecular complexity index is 502. The Hall–Kier alpha value is -0.870. The van der Waals surface area contributed by atoms with Gasteiger partial charge in [-0.3, -0.25) is 4.79 Å². The molecule has 1 aromatic carbocycles. The van der Waals surface area contributed by atoms with Gasteiger partial charge in [0.15, 0.2) is 5.78 Å². The lowest BCUT2D eigenvalue weighted by Gasteiger charge is -2.44. The van der Waals surface area contributed by atoms with Crippen molar-refractivity contribution < 1.29 is 9.18 Å². The van der Waals surface area contributed by atoms with Crippen molar-refractivity contribution in [1.29, 1.82) is 0 Å². The molecule has 0 saturated carbocycles. The lowest BCUT2D eigenvalue weighted by atomic mass is 9.85. The minimum absolute atomic E-state index is 0.112. The first-order valence-electron chi connectivity index (χ1n) is 8.34. The Morgan fingerprint density at radius 3 is 2.73 bits per heavy atom. The molecule has 2 saturated heterocycles. The Morgan fingerprint density at radius 2 is 1.91 bits per heavy atom. The molecule has 0 bridgehead atoms. The third-order valence-electron chi connectivity index (χ3n) is 4.96. The number of nitrogens with zero attached hydrogens (tertiary/aromatic N) is 1. The van der Waals surface area contributed by atoms with E-state index in [1.54, 1.807) is 23.9 Å². The molecule has 0 aromatic heterocycles. The van der Waals surface area contributed by atoms with Crippen LogP contribution in [0.3, 0.4) is 0 Å². The fraction of sp³-hybridized carbons (Fsp3) is 0.611. The summed E-state index contributed by atoms with van der Waals surface area (Å²) in [4.78, 5) is 14.8. The van der Waals surface area contributed by atoms with Crippen molar-refractivity contribution in [3.05, 3.63) is 35.6 Å². The zero-order valence-corrected chi connectivity index (χ0v) is 13.8. The van der Waals surface area contributed by atoms with E-state index in [0.717, 1.165) is 17.7 Å².